The Kier molecular flexibility index (Phi) is 4.38. The minimum absolute atomic E-state index is 0.249. The van der Waals surface area contributed by atoms with E-state index in [1.807, 2.05) is 0 Å². The van der Waals surface area contributed by atoms with E-state index >= 15 is 0 Å². The molecule has 0 aromatic heterocycles. The molecule has 0 saturated carbocycles. The summed E-state index contributed by atoms with van der Waals surface area (Å²) in [6.45, 7) is 8.60. The highest BCUT2D eigenvalue weighted by atomic mass is 79.9. The van der Waals surface area contributed by atoms with Crippen LogP contribution in [0, 0.1) is 0 Å². The highest BCUT2D eigenvalue weighted by Gasteiger charge is 2.55. The number of halogens is 2. The van der Waals surface area contributed by atoms with Crippen LogP contribution in [0.5, 0.6) is 0 Å². The Balaban J connectivity index is 2.36. The van der Waals surface area contributed by atoms with Gasteiger partial charge in [-0.15, -0.1) is 0 Å². The monoisotopic (exact) mass is 392 g/mol. The third-order valence-electron chi connectivity index (χ3n) is 4.52. The van der Waals surface area contributed by atoms with Crippen molar-refractivity contribution in [2.45, 2.75) is 70.4 Å². The molecule has 2 rings (SSSR count). The zero-order valence-corrected chi connectivity index (χ0v) is 15.2. The molecule has 2 heterocycles. The summed E-state index contributed by atoms with van der Waals surface area (Å²) in [5.41, 5.74) is -0.497. The molecule has 2 aliphatic heterocycles. The number of hydrogen-bond acceptors (Lipinski definition) is 2. The largest absolute Gasteiger partial charge is 0.331 e. The fraction of sp³-hybridized carbons (Fsp3) is 0.733. The molecule has 108 valence electrons. The van der Waals surface area contributed by atoms with Crippen LogP contribution in [0.25, 0.3) is 0 Å². The van der Waals surface area contributed by atoms with E-state index in [4.69, 9.17) is 9.47 Å². The van der Waals surface area contributed by atoms with Crippen LogP contribution in [0.2, 0.25) is 0 Å². The molecule has 2 nitrogen and oxygen atoms in total. The molecule has 0 aliphatic carbocycles. The van der Waals surface area contributed by atoms with Crippen molar-refractivity contribution in [1.82, 2.24) is 0 Å². The summed E-state index contributed by atoms with van der Waals surface area (Å²) in [5.74, 6) is -0.713. The first kappa shape index (κ1) is 15.7. The quantitative estimate of drug-likeness (QED) is 0.634. The molecule has 0 N–H and O–H groups in total. The lowest BCUT2D eigenvalue weighted by atomic mass is 9.98. The summed E-state index contributed by atoms with van der Waals surface area (Å²) < 4.78 is 14.9. The van der Waals surface area contributed by atoms with Crippen LogP contribution in [0.1, 0.15) is 53.4 Å². The van der Waals surface area contributed by atoms with Crippen LogP contribution < -0.4 is 0 Å². The van der Waals surface area contributed by atoms with E-state index in [0.717, 1.165) is 34.6 Å². The average Bonchev–Trinajstić information content (AvgIpc) is 2.84. The second-order valence-electron chi connectivity index (χ2n) is 5.31. The van der Waals surface area contributed by atoms with Gasteiger partial charge in [-0.25, -0.2) is 0 Å². The van der Waals surface area contributed by atoms with Crippen molar-refractivity contribution in [3.8, 4) is 0 Å². The smallest absolute Gasteiger partial charge is 0.212 e. The first-order valence-electron chi connectivity index (χ1n) is 7.09. The second-order valence-corrected chi connectivity index (χ2v) is 7.02. The van der Waals surface area contributed by atoms with E-state index in [9.17, 15) is 0 Å². The lowest BCUT2D eigenvalue weighted by molar-refractivity contribution is -0.237. The zero-order chi connectivity index (χ0) is 14.3. The molecule has 2 aliphatic rings. The Labute approximate surface area is 132 Å². The SMILES string of the molecule is CCC1(CC)OC2(C=C1Br)C=C(Br)C(CC)(CC)O2. The van der Waals surface area contributed by atoms with Gasteiger partial charge in [0.1, 0.15) is 11.2 Å². The molecule has 0 saturated heterocycles. The van der Waals surface area contributed by atoms with Gasteiger partial charge in [-0.05, 0) is 37.8 Å². The lowest BCUT2D eigenvalue weighted by Crippen LogP contribution is -2.40. The van der Waals surface area contributed by atoms with Crippen LogP contribution in [-0.4, -0.2) is 17.0 Å². The van der Waals surface area contributed by atoms with Crippen LogP contribution in [0.15, 0.2) is 21.1 Å². The first-order chi connectivity index (χ1) is 8.91. The Morgan fingerprint density at radius 1 is 0.789 bits per heavy atom. The summed E-state index contributed by atoms with van der Waals surface area (Å²) >= 11 is 7.36. The molecule has 19 heavy (non-hydrogen) atoms. The molecule has 0 bridgehead atoms. The lowest BCUT2D eigenvalue weighted by Gasteiger charge is -2.35. The van der Waals surface area contributed by atoms with E-state index in [-0.39, 0.29) is 11.2 Å². The molecule has 4 heteroatoms. The molecule has 0 aromatic carbocycles. The van der Waals surface area contributed by atoms with Gasteiger partial charge >= 0.3 is 0 Å². The van der Waals surface area contributed by atoms with Gasteiger partial charge in [-0.1, -0.05) is 59.6 Å². The predicted molar refractivity (Wildman–Crippen MR) is 85.5 cm³/mol. The van der Waals surface area contributed by atoms with Crippen LogP contribution in [0.3, 0.4) is 0 Å². The summed E-state index contributed by atoms with van der Waals surface area (Å²) in [4.78, 5) is 0. The summed E-state index contributed by atoms with van der Waals surface area (Å²) in [6.07, 6.45) is 7.89. The highest BCUT2D eigenvalue weighted by Crippen LogP contribution is 2.53. The first-order valence-corrected chi connectivity index (χ1v) is 8.68. The highest BCUT2D eigenvalue weighted by molar-refractivity contribution is 9.12. The minimum atomic E-state index is -0.713. The Morgan fingerprint density at radius 2 is 1.11 bits per heavy atom. The Morgan fingerprint density at radius 3 is 1.32 bits per heavy atom. The molecule has 0 unspecified atom stereocenters. The molecular weight excluding hydrogens is 372 g/mol. The fourth-order valence-corrected chi connectivity index (χ4v) is 4.89. The van der Waals surface area contributed by atoms with E-state index in [1.54, 1.807) is 0 Å². The second kappa shape index (κ2) is 5.28. The van der Waals surface area contributed by atoms with Crippen LogP contribution in [0.4, 0.5) is 0 Å². The zero-order valence-electron chi connectivity index (χ0n) is 12.1. The number of rotatable bonds is 4. The van der Waals surface area contributed by atoms with Gasteiger partial charge in [0.05, 0.1) is 0 Å². The third-order valence-corrected chi connectivity index (χ3v) is 6.42. The van der Waals surface area contributed by atoms with Crippen molar-refractivity contribution in [2.24, 2.45) is 0 Å². The van der Waals surface area contributed by atoms with Crippen molar-refractivity contribution >= 4 is 31.9 Å². The van der Waals surface area contributed by atoms with Crippen molar-refractivity contribution in [3.05, 3.63) is 21.1 Å². The van der Waals surface area contributed by atoms with Crippen molar-refractivity contribution < 1.29 is 9.47 Å². The number of ether oxygens (including phenoxy) is 2. The predicted octanol–water partition coefficient (Wildman–Crippen LogP) is 5.42. The van der Waals surface area contributed by atoms with Gasteiger partial charge < -0.3 is 9.47 Å². The summed E-state index contributed by atoms with van der Waals surface area (Å²) in [6, 6.07) is 0. The van der Waals surface area contributed by atoms with E-state index in [2.05, 4.69) is 71.7 Å². The van der Waals surface area contributed by atoms with E-state index in [1.165, 1.54) is 0 Å². The van der Waals surface area contributed by atoms with E-state index in [0.29, 0.717) is 0 Å². The summed E-state index contributed by atoms with van der Waals surface area (Å²) in [5, 5.41) is 0. The molecule has 0 atom stereocenters. The molecule has 0 fully saturated rings. The average molecular weight is 394 g/mol. The van der Waals surface area contributed by atoms with E-state index < -0.39 is 5.79 Å². The van der Waals surface area contributed by atoms with Gasteiger partial charge in [0.15, 0.2) is 0 Å². The Bertz CT molecular complexity index is 378. The van der Waals surface area contributed by atoms with Crippen LogP contribution in [-0.2, 0) is 9.47 Å². The van der Waals surface area contributed by atoms with Gasteiger partial charge in [0.2, 0.25) is 5.79 Å². The van der Waals surface area contributed by atoms with Crippen molar-refractivity contribution in [2.75, 3.05) is 0 Å². The van der Waals surface area contributed by atoms with Gasteiger partial charge in [-0.2, -0.15) is 0 Å². The maximum absolute atomic E-state index is 6.37. The third kappa shape index (κ3) is 2.29. The standard InChI is InChI=1S/C15H22Br2O2/c1-5-13(6-2)11(16)9-15(18-13)10-12(17)14(7-3,8-4)19-15/h9-10H,5-8H2,1-4H3. The molecular formula is C15H22Br2O2. The van der Waals surface area contributed by atoms with Gasteiger partial charge in [0.25, 0.3) is 0 Å². The van der Waals surface area contributed by atoms with Gasteiger partial charge in [-0.3, -0.25) is 0 Å². The van der Waals surface area contributed by atoms with Crippen molar-refractivity contribution in [1.29, 1.82) is 0 Å². The normalized spacial score (nSPS) is 26.6. The topological polar surface area (TPSA) is 18.5 Å². The van der Waals surface area contributed by atoms with Crippen molar-refractivity contribution in [3.63, 3.8) is 0 Å². The Hall–Kier alpha value is 0.360. The molecule has 0 radical (unpaired) electrons. The molecule has 0 amide bonds. The summed E-state index contributed by atoms with van der Waals surface area (Å²) in [7, 11) is 0. The molecule has 0 aromatic rings. The van der Waals surface area contributed by atoms with Crippen LogP contribution >= 0.6 is 31.9 Å². The fourth-order valence-electron chi connectivity index (χ4n) is 2.97. The molecule has 1 spiro atoms. The maximum atomic E-state index is 6.37. The number of hydrogen-bond donors (Lipinski definition) is 0. The van der Waals surface area contributed by atoms with Gasteiger partial charge in [0, 0.05) is 8.96 Å². The minimum Gasteiger partial charge on any atom is -0.331 e. The maximum Gasteiger partial charge on any atom is 0.212 e.